The number of halogens is 1. The minimum absolute atomic E-state index is 0.0142. The molecule has 1 aliphatic heterocycles. The molecule has 0 aromatic heterocycles. The molecule has 20 heavy (non-hydrogen) atoms. The molecule has 1 heterocycles. The lowest BCUT2D eigenvalue weighted by atomic mass is 9.92. The minimum Gasteiger partial charge on any atom is -0.393 e. The summed E-state index contributed by atoms with van der Waals surface area (Å²) in [6.07, 6.45) is 1.63. The second-order valence-electron chi connectivity index (χ2n) is 5.44. The highest BCUT2D eigenvalue weighted by molar-refractivity contribution is 6.33. The van der Waals surface area contributed by atoms with Crippen molar-refractivity contribution in [2.75, 3.05) is 18.0 Å². The zero-order chi connectivity index (χ0) is 14.9. The Balaban J connectivity index is 2.30. The normalized spacial score (nSPS) is 20.8. The zero-order valence-corrected chi connectivity index (χ0v) is 12.4. The van der Waals surface area contributed by atoms with Gasteiger partial charge in [-0.1, -0.05) is 11.6 Å². The molecule has 1 aromatic rings. The van der Waals surface area contributed by atoms with Crippen LogP contribution in [0.25, 0.3) is 0 Å². The second-order valence-corrected chi connectivity index (χ2v) is 5.85. The number of rotatable bonds is 3. The van der Waals surface area contributed by atoms with E-state index in [1.165, 1.54) is 6.07 Å². The van der Waals surface area contributed by atoms with E-state index in [4.69, 9.17) is 11.6 Å². The van der Waals surface area contributed by atoms with Crippen molar-refractivity contribution in [2.45, 2.75) is 32.8 Å². The molecule has 1 saturated heterocycles. The van der Waals surface area contributed by atoms with Crippen LogP contribution in [0.3, 0.4) is 0 Å². The number of nitro benzene ring substituents is 1. The average Bonchev–Trinajstić information content (AvgIpc) is 2.38. The van der Waals surface area contributed by atoms with Crippen molar-refractivity contribution in [3.63, 3.8) is 0 Å². The van der Waals surface area contributed by atoms with Crippen LogP contribution < -0.4 is 4.90 Å². The van der Waals surface area contributed by atoms with Crippen LogP contribution in [0.4, 0.5) is 11.4 Å². The Kier molecular flexibility index (Phi) is 4.50. The molecule has 0 amide bonds. The highest BCUT2D eigenvalue weighted by Gasteiger charge is 2.26. The number of hydrogen-bond acceptors (Lipinski definition) is 4. The van der Waals surface area contributed by atoms with Gasteiger partial charge in [-0.15, -0.1) is 0 Å². The molecule has 2 rings (SSSR count). The molecule has 0 spiro atoms. The number of nitrogens with zero attached hydrogens (tertiary/aromatic N) is 2. The Morgan fingerprint density at radius 1 is 1.55 bits per heavy atom. The molecule has 0 aliphatic carbocycles. The van der Waals surface area contributed by atoms with Gasteiger partial charge in [-0.25, -0.2) is 0 Å². The number of nitro groups is 1. The Labute approximate surface area is 123 Å². The SMILES string of the molecule is Cc1cc([N+](=O)[O-])cc(Cl)c1N1CCCC(C(C)O)C1. The van der Waals surface area contributed by atoms with Gasteiger partial charge < -0.3 is 10.0 Å². The first-order valence-electron chi connectivity index (χ1n) is 6.77. The van der Waals surface area contributed by atoms with Crippen molar-refractivity contribution in [3.05, 3.63) is 32.8 Å². The second kappa shape index (κ2) is 5.97. The average molecular weight is 299 g/mol. The van der Waals surface area contributed by atoms with Crippen LogP contribution in [-0.4, -0.2) is 29.2 Å². The third kappa shape index (κ3) is 3.04. The third-order valence-corrected chi connectivity index (χ3v) is 4.19. The van der Waals surface area contributed by atoms with E-state index < -0.39 is 4.92 Å². The monoisotopic (exact) mass is 298 g/mol. The Morgan fingerprint density at radius 3 is 2.80 bits per heavy atom. The summed E-state index contributed by atoms with van der Waals surface area (Å²) < 4.78 is 0. The number of aliphatic hydroxyl groups is 1. The molecule has 1 fully saturated rings. The van der Waals surface area contributed by atoms with Gasteiger partial charge in [0.15, 0.2) is 0 Å². The van der Waals surface area contributed by atoms with E-state index in [1.807, 2.05) is 6.92 Å². The Morgan fingerprint density at radius 2 is 2.25 bits per heavy atom. The predicted octanol–water partition coefficient (Wildman–Crippen LogP) is 3.15. The fourth-order valence-electron chi connectivity index (χ4n) is 2.83. The van der Waals surface area contributed by atoms with Crippen molar-refractivity contribution in [2.24, 2.45) is 5.92 Å². The van der Waals surface area contributed by atoms with Crippen LogP contribution in [0.2, 0.25) is 5.02 Å². The molecule has 0 bridgehead atoms. The molecule has 1 N–H and O–H groups in total. The van der Waals surface area contributed by atoms with Gasteiger partial charge in [-0.3, -0.25) is 10.1 Å². The van der Waals surface area contributed by atoms with Crippen LogP contribution >= 0.6 is 11.6 Å². The maximum atomic E-state index is 10.8. The summed E-state index contributed by atoms with van der Waals surface area (Å²) >= 11 is 6.23. The van der Waals surface area contributed by atoms with Crippen molar-refractivity contribution < 1.29 is 10.0 Å². The summed E-state index contributed by atoms with van der Waals surface area (Å²) in [7, 11) is 0. The van der Waals surface area contributed by atoms with E-state index in [9.17, 15) is 15.2 Å². The van der Waals surface area contributed by atoms with Gasteiger partial charge in [0.25, 0.3) is 5.69 Å². The van der Waals surface area contributed by atoms with Crippen molar-refractivity contribution in [1.82, 2.24) is 0 Å². The van der Waals surface area contributed by atoms with Crippen molar-refractivity contribution >= 4 is 23.0 Å². The van der Waals surface area contributed by atoms with Crippen molar-refractivity contribution in [3.8, 4) is 0 Å². The Bertz CT molecular complexity index is 496. The number of hydrogen-bond donors (Lipinski definition) is 1. The summed E-state index contributed by atoms with van der Waals surface area (Å²) in [5.74, 6) is 0.217. The smallest absolute Gasteiger partial charge is 0.271 e. The molecule has 1 aromatic carbocycles. The van der Waals surface area contributed by atoms with E-state index in [0.29, 0.717) is 5.02 Å². The van der Waals surface area contributed by atoms with E-state index in [-0.39, 0.29) is 17.7 Å². The highest BCUT2D eigenvalue weighted by atomic mass is 35.5. The highest BCUT2D eigenvalue weighted by Crippen LogP contribution is 2.36. The summed E-state index contributed by atoms with van der Waals surface area (Å²) in [5, 5.41) is 21.0. The number of piperidine rings is 1. The topological polar surface area (TPSA) is 66.6 Å². The lowest BCUT2D eigenvalue weighted by molar-refractivity contribution is -0.384. The van der Waals surface area contributed by atoms with Gasteiger partial charge in [0.2, 0.25) is 0 Å². The van der Waals surface area contributed by atoms with Gasteiger partial charge in [0, 0.05) is 31.1 Å². The van der Waals surface area contributed by atoms with Gasteiger partial charge in [-0.05, 0) is 32.3 Å². The Hall–Kier alpha value is -1.33. The minimum atomic E-state index is -0.433. The van der Waals surface area contributed by atoms with Gasteiger partial charge in [-0.2, -0.15) is 0 Å². The first-order chi connectivity index (χ1) is 9.40. The number of aryl methyl sites for hydroxylation is 1. The maximum absolute atomic E-state index is 10.8. The molecular weight excluding hydrogens is 280 g/mol. The van der Waals surface area contributed by atoms with E-state index in [1.54, 1.807) is 13.0 Å². The lowest BCUT2D eigenvalue weighted by Gasteiger charge is -2.36. The molecular formula is C14H19ClN2O3. The standard InChI is InChI=1S/C14H19ClN2O3/c1-9-6-12(17(19)20)7-13(15)14(9)16-5-3-4-11(8-16)10(2)18/h6-7,10-11,18H,3-5,8H2,1-2H3. The lowest BCUT2D eigenvalue weighted by Crippen LogP contribution is -2.40. The molecule has 1 aliphatic rings. The summed E-state index contributed by atoms with van der Waals surface area (Å²) in [5.41, 5.74) is 1.67. The zero-order valence-electron chi connectivity index (χ0n) is 11.7. The van der Waals surface area contributed by atoms with Crippen LogP contribution in [0.1, 0.15) is 25.3 Å². The number of non-ortho nitro benzene ring substituents is 1. The summed E-state index contributed by atoms with van der Waals surface area (Å²) in [6.45, 7) is 5.23. The fraction of sp³-hybridized carbons (Fsp3) is 0.571. The molecule has 110 valence electrons. The molecule has 6 heteroatoms. The van der Waals surface area contributed by atoms with E-state index in [2.05, 4.69) is 4.90 Å². The van der Waals surface area contributed by atoms with E-state index in [0.717, 1.165) is 37.2 Å². The first kappa shape index (κ1) is 15.1. The van der Waals surface area contributed by atoms with Crippen LogP contribution in [0.5, 0.6) is 0 Å². The van der Waals surface area contributed by atoms with Crippen LogP contribution in [0, 0.1) is 23.0 Å². The molecule has 5 nitrogen and oxygen atoms in total. The van der Waals surface area contributed by atoms with Gasteiger partial charge in [0.1, 0.15) is 0 Å². The quantitative estimate of drug-likeness (QED) is 0.687. The number of benzene rings is 1. The fourth-order valence-corrected chi connectivity index (χ4v) is 3.21. The third-order valence-electron chi connectivity index (χ3n) is 3.91. The van der Waals surface area contributed by atoms with Crippen LogP contribution in [0.15, 0.2) is 12.1 Å². The number of aliphatic hydroxyl groups excluding tert-OH is 1. The van der Waals surface area contributed by atoms with E-state index >= 15 is 0 Å². The van der Waals surface area contributed by atoms with Crippen molar-refractivity contribution in [1.29, 1.82) is 0 Å². The van der Waals surface area contributed by atoms with Gasteiger partial charge in [0.05, 0.1) is 21.7 Å². The summed E-state index contributed by atoms with van der Waals surface area (Å²) in [6, 6.07) is 2.95. The van der Waals surface area contributed by atoms with Crippen LogP contribution in [-0.2, 0) is 0 Å². The largest absolute Gasteiger partial charge is 0.393 e. The van der Waals surface area contributed by atoms with Gasteiger partial charge >= 0.3 is 0 Å². The molecule has 0 radical (unpaired) electrons. The summed E-state index contributed by atoms with van der Waals surface area (Å²) in [4.78, 5) is 12.5. The molecule has 2 atom stereocenters. The maximum Gasteiger partial charge on any atom is 0.271 e. The number of anilines is 1. The first-order valence-corrected chi connectivity index (χ1v) is 7.15. The predicted molar refractivity (Wildman–Crippen MR) is 79.5 cm³/mol. The molecule has 0 saturated carbocycles. The molecule has 2 unspecified atom stereocenters.